The van der Waals surface area contributed by atoms with Crippen molar-refractivity contribution in [2.75, 3.05) is 7.05 Å². The van der Waals surface area contributed by atoms with Crippen molar-refractivity contribution >= 4 is 0 Å². The number of rotatable bonds is 2. The topological polar surface area (TPSA) is 38.0 Å². The average molecular weight is 206 g/mol. The first-order valence-electron chi connectivity index (χ1n) is 5.40. The highest BCUT2D eigenvalue weighted by molar-refractivity contribution is 5.35. The Labute approximate surface area is 92.9 Å². The van der Waals surface area contributed by atoms with Crippen LogP contribution in [0, 0.1) is 6.92 Å². The third kappa shape index (κ3) is 2.80. The second-order valence-electron chi connectivity index (χ2n) is 5.09. The van der Waals surface area contributed by atoms with Gasteiger partial charge in [-0.1, -0.05) is 39.0 Å². The van der Waals surface area contributed by atoms with Crippen LogP contribution < -0.4 is 11.1 Å². The molecule has 2 heteroatoms. The van der Waals surface area contributed by atoms with Crippen LogP contribution >= 0.6 is 0 Å². The first-order chi connectivity index (χ1) is 6.86. The zero-order valence-electron chi connectivity index (χ0n) is 10.4. The minimum atomic E-state index is -0.0704. The van der Waals surface area contributed by atoms with Crippen molar-refractivity contribution in [1.29, 1.82) is 0 Å². The van der Waals surface area contributed by atoms with E-state index in [-0.39, 0.29) is 11.6 Å². The molecule has 0 saturated carbocycles. The fourth-order valence-corrected chi connectivity index (χ4v) is 1.65. The van der Waals surface area contributed by atoms with Gasteiger partial charge in [-0.3, -0.25) is 0 Å². The lowest BCUT2D eigenvalue weighted by atomic mass is 9.85. The Morgan fingerprint density at radius 2 is 1.87 bits per heavy atom. The van der Waals surface area contributed by atoms with Crippen LogP contribution in [0.1, 0.15) is 43.6 Å². The molecule has 1 aromatic carbocycles. The molecule has 0 spiro atoms. The van der Waals surface area contributed by atoms with E-state index >= 15 is 0 Å². The van der Waals surface area contributed by atoms with Gasteiger partial charge in [0.05, 0.1) is 6.17 Å². The van der Waals surface area contributed by atoms with Crippen molar-refractivity contribution in [2.45, 2.75) is 39.3 Å². The molecule has 0 aromatic heterocycles. The number of hydrogen-bond acceptors (Lipinski definition) is 2. The normalized spacial score (nSPS) is 14.0. The van der Waals surface area contributed by atoms with Gasteiger partial charge in [0.15, 0.2) is 0 Å². The van der Waals surface area contributed by atoms with E-state index in [1.165, 1.54) is 16.7 Å². The Bertz CT molecular complexity index is 337. The van der Waals surface area contributed by atoms with E-state index in [0.717, 1.165) is 0 Å². The summed E-state index contributed by atoms with van der Waals surface area (Å²) in [5, 5.41) is 3.06. The van der Waals surface area contributed by atoms with Crippen molar-refractivity contribution in [3.63, 3.8) is 0 Å². The van der Waals surface area contributed by atoms with Crippen LogP contribution in [0.2, 0.25) is 0 Å². The largest absolute Gasteiger partial charge is 0.312 e. The van der Waals surface area contributed by atoms with Crippen LogP contribution in [0.15, 0.2) is 18.2 Å². The van der Waals surface area contributed by atoms with Crippen molar-refractivity contribution in [1.82, 2.24) is 5.32 Å². The lowest BCUT2D eigenvalue weighted by Gasteiger charge is -2.22. The lowest BCUT2D eigenvalue weighted by molar-refractivity contribution is 0.585. The van der Waals surface area contributed by atoms with Gasteiger partial charge in [0.2, 0.25) is 0 Å². The molecule has 84 valence electrons. The van der Waals surface area contributed by atoms with Gasteiger partial charge in [-0.05, 0) is 36.1 Å². The molecule has 0 aliphatic carbocycles. The van der Waals surface area contributed by atoms with Crippen molar-refractivity contribution in [3.8, 4) is 0 Å². The molecule has 0 saturated heterocycles. The van der Waals surface area contributed by atoms with E-state index in [9.17, 15) is 0 Å². The molecule has 1 aromatic rings. The SMILES string of the molecule is CNC(N)c1ccc(C(C)(C)C)cc1C. The number of aryl methyl sites for hydroxylation is 1. The molecule has 3 N–H and O–H groups in total. The summed E-state index contributed by atoms with van der Waals surface area (Å²) in [6, 6.07) is 6.52. The molecule has 0 aliphatic rings. The van der Waals surface area contributed by atoms with E-state index < -0.39 is 0 Å². The Balaban J connectivity index is 3.09. The van der Waals surface area contributed by atoms with E-state index in [1.54, 1.807) is 0 Å². The van der Waals surface area contributed by atoms with Crippen LogP contribution in [0.5, 0.6) is 0 Å². The molecule has 0 aliphatic heterocycles. The molecule has 2 nitrogen and oxygen atoms in total. The van der Waals surface area contributed by atoms with Gasteiger partial charge < -0.3 is 11.1 Å². The van der Waals surface area contributed by atoms with Gasteiger partial charge >= 0.3 is 0 Å². The van der Waals surface area contributed by atoms with Gasteiger partial charge in [0, 0.05) is 0 Å². The van der Waals surface area contributed by atoms with Gasteiger partial charge in [0.25, 0.3) is 0 Å². The Morgan fingerprint density at radius 1 is 1.27 bits per heavy atom. The zero-order chi connectivity index (χ0) is 11.6. The molecular formula is C13H22N2. The maximum atomic E-state index is 5.94. The number of nitrogens with one attached hydrogen (secondary N) is 1. The molecule has 1 unspecified atom stereocenters. The molecule has 1 rings (SSSR count). The fraction of sp³-hybridized carbons (Fsp3) is 0.538. The van der Waals surface area contributed by atoms with Gasteiger partial charge in [-0.15, -0.1) is 0 Å². The summed E-state index contributed by atoms with van der Waals surface area (Å²) in [4.78, 5) is 0. The highest BCUT2D eigenvalue weighted by atomic mass is 15.0. The van der Waals surface area contributed by atoms with Gasteiger partial charge in [-0.25, -0.2) is 0 Å². The summed E-state index contributed by atoms with van der Waals surface area (Å²) in [5.74, 6) is 0. The van der Waals surface area contributed by atoms with E-state index in [2.05, 4.69) is 51.2 Å². The molecule has 0 fully saturated rings. The van der Waals surface area contributed by atoms with Crippen LogP contribution in [0.25, 0.3) is 0 Å². The lowest BCUT2D eigenvalue weighted by Crippen LogP contribution is -2.26. The van der Waals surface area contributed by atoms with Crippen LogP contribution in [0.3, 0.4) is 0 Å². The summed E-state index contributed by atoms with van der Waals surface area (Å²) in [6.07, 6.45) is -0.0704. The van der Waals surface area contributed by atoms with Crippen LogP contribution in [0.4, 0.5) is 0 Å². The standard InChI is InChI=1S/C13H22N2/c1-9-8-10(13(2,3)4)6-7-11(9)12(14)15-5/h6-8,12,15H,14H2,1-5H3. The molecule has 0 amide bonds. The predicted octanol–water partition coefficient (Wildman–Crippen LogP) is 2.47. The summed E-state index contributed by atoms with van der Waals surface area (Å²) in [5.41, 5.74) is 9.92. The zero-order valence-corrected chi connectivity index (χ0v) is 10.4. The van der Waals surface area contributed by atoms with Crippen molar-refractivity contribution < 1.29 is 0 Å². The van der Waals surface area contributed by atoms with Gasteiger partial charge in [0.1, 0.15) is 0 Å². The first-order valence-corrected chi connectivity index (χ1v) is 5.40. The predicted molar refractivity (Wildman–Crippen MR) is 65.9 cm³/mol. The smallest absolute Gasteiger partial charge is 0.0810 e. The number of nitrogens with two attached hydrogens (primary N) is 1. The Morgan fingerprint density at radius 3 is 2.27 bits per heavy atom. The maximum absolute atomic E-state index is 5.94. The molecule has 0 radical (unpaired) electrons. The van der Waals surface area contributed by atoms with Crippen LogP contribution in [-0.2, 0) is 5.41 Å². The second kappa shape index (κ2) is 4.33. The number of benzene rings is 1. The van der Waals surface area contributed by atoms with E-state index in [4.69, 9.17) is 5.73 Å². The third-order valence-corrected chi connectivity index (χ3v) is 2.78. The quantitative estimate of drug-likeness (QED) is 0.730. The van der Waals surface area contributed by atoms with Crippen molar-refractivity contribution in [2.24, 2.45) is 5.73 Å². The highest BCUT2D eigenvalue weighted by Crippen LogP contribution is 2.25. The minimum Gasteiger partial charge on any atom is -0.312 e. The molecule has 0 bridgehead atoms. The second-order valence-corrected chi connectivity index (χ2v) is 5.09. The fourth-order valence-electron chi connectivity index (χ4n) is 1.65. The van der Waals surface area contributed by atoms with Crippen molar-refractivity contribution in [3.05, 3.63) is 34.9 Å². The summed E-state index contributed by atoms with van der Waals surface area (Å²) in [6.45, 7) is 8.78. The summed E-state index contributed by atoms with van der Waals surface area (Å²) in [7, 11) is 1.88. The van der Waals surface area contributed by atoms with Crippen LogP contribution in [-0.4, -0.2) is 7.05 Å². The van der Waals surface area contributed by atoms with E-state index in [0.29, 0.717) is 0 Å². The summed E-state index contributed by atoms with van der Waals surface area (Å²) >= 11 is 0. The van der Waals surface area contributed by atoms with Gasteiger partial charge in [-0.2, -0.15) is 0 Å². The summed E-state index contributed by atoms with van der Waals surface area (Å²) < 4.78 is 0. The highest BCUT2D eigenvalue weighted by Gasteiger charge is 2.15. The monoisotopic (exact) mass is 206 g/mol. The maximum Gasteiger partial charge on any atom is 0.0810 e. The minimum absolute atomic E-state index is 0.0704. The first kappa shape index (κ1) is 12.2. The third-order valence-electron chi connectivity index (χ3n) is 2.78. The number of hydrogen-bond donors (Lipinski definition) is 2. The molecular weight excluding hydrogens is 184 g/mol. The molecule has 15 heavy (non-hydrogen) atoms. The van der Waals surface area contributed by atoms with E-state index in [1.807, 2.05) is 7.05 Å². The Kier molecular flexibility index (Phi) is 3.53. The average Bonchev–Trinajstić information content (AvgIpc) is 2.15. The molecule has 1 atom stereocenters. The molecule has 0 heterocycles. The Hall–Kier alpha value is -0.860.